The molecule has 1 amide bonds. The van der Waals surface area contributed by atoms with Crippen LogP contribution in [0.1, 0.15) is 10.6 Å². The van der Waals surface area contributed by atoms with E-state index in [4.69, 9.17) is 16.0 Å². The molecule has 0 radical (unpaired) electrons. The Hall–Kier alpha value is -1.78. The predicted molar refractivity (Wildman–Crippen MR) is 70.3 cm³/mol. The molecule has 5 heteroatoms. The van der Waals surface area contributed by atoms with Crippen LogP contribution in [0.2, 0.25) is 5.02 Å². The second-order valence-corrected chi connectivity index (χ2v) is 4.44. The van der Waals surface area contributed by atoms with Crippen molar-refractivity contribution in [2.75, 3.05) is 14.1 Å². The largest absolute Gasteiger partial charge is 0.451 e. The van der Waals surface area contributed by atoms with Crippen molar-refractivity contribution in [3.05, 3.63) is 47.2 Å². The van der Waals surface area contributed by atoms with Crippen LogP contribution in [-0.2, 0) is 0 Å². The SMILES string of the molecule is CN(C)NC(=O)c1ccc(-c2ccc(Cl)cc2)o1. The molecule has 0 aliphatic rings. The van der Waals surface area contributed by atoms with E-state index in [0.29, 0.717) is 10.8 Å². The van der Waals surface area contributed by atoms with Gasteiger partial charge in [0.1, 0.15) is 5.76 Å². The third-order valence-corrected chi connectivity index (χ3v) is 2.54. The van der Waals surface area contributed by atoms with Crippen molar-refractivity contribution < 1.29 is 9.21 Å². The summed E-state index contributed by atoms with van der Waals surface area (Å²) in [7, 11) is 3.47. The van der Waals surface area contributed by atoms with Gasteiger partial charge in [0.05, 0.1) is 0 Å². The Labute approximate surface area is 110 Å². The Morgan fingerprint density at radius 2 is 1.83 bits per heavy atom. The summed E-state index contributed by atoms with van der Waals surface area (Å²) in [6.07, 6.45) is 0. The van der Waals surface area contributed by atoms with Gasteiger partial charge in [0.2, 0.25) is 0 Å². The fourth-order valence-electron chi connectivity index (χ4n) is 1.49. The number of benzene rings is 1. The number of nitrogens with zero attached hydrogens (tertiary/aromatic N) is 1. The molecular formula is C13H13ClN2O2. The normalized spacial score (nSPS) is 10.7. The average Bonchev–Trinajstić information content (AvgIpc) is 2.78. The van der Waals surface area contributed by atoms with Gasteiger partial charge in [0.15, 0.2) is 5.76 Å². The van der Waals surface area contributed by atoms with Crippen LogP contribution in [0.3, 0.4) is 0 Å². The lowest BCUT2D eigenvalue weighted by atomic mass is 10.2. The Bertz CT molecular complexity index is 546. The molecule has 0 aliphatic carbocycles. The van der Waals surface area contributed by atoms with Crippen molar-refractivity contribution in [3.63, 3.8) is 0 Å². The summed E-state index contributed by atoms with van der Waals surface area (Å²) in [4.78, 5) is 11.7. The number of carbonyl (C=O) groups excluding carboxylic acids is 1. The third kappa shape index (κ3) is 2.91. The number of furan rings is 1. The van der Waals surface area contributed by atoms with Gasteiger partial charge < -0.3 is 4.42 Å². The minimum absolute atomic E-state index is 0.272. The minimum atomic E-state index is -0.278. The van der Waals surface area contributed by atoms with Gasteiger partial charge in [-0.15, -0.1) is 0 Å². The number of hydrazine groups is 1. The highest BCUT2D eigenvalue weighted by Gasteiger charge is 2.12. The lowest BCUT2D eigenvalue weighted by molar-refractivity contribution is 0.0828. The first-order valence-electron chi connectivity index (χ1n) is 5.40. The summed E-state index contributed by atoms with van der Waals surface area (Å²) in [5, 5.41) is 2.23. The molecule has 1 aromatic carbocycles. The van der Waals surface area contributed by atoms with Crippen LogP contribution in [0.15, 0.2) is 40.8 Å². The second kappa shape index (κ2) is 5.25. The maximum absolute atomic E-state index is 11.7. The molecule has 0 bridgehead atoms. The summed E-state index contributed by atoms with van der Waals surface area (Å²) in [5.41, 5.74) is 3.49. The average molecular weight is 265 g/mol. The maximum atomic E-state index is 11.7. The minimum Gasteiger partial charge on any atom is -0.451 e. The van der Waals surface area contributed by atoms with Crippen LogP contribution >= 0.6 is 11.6 Å². The van der Waals surface area contributed by atoms with E-state index in [-0.39, 0.29) is 11.7 Å². The number of nitrogens with one attached hydrogen (secondary N) is 1. The van der Waals surface area contributed by atoms with Gasteiger partial charge in [-0.05, 0) is 36.4 Å². The van der Waals surface area contributed by atoms with Crippen molar-refractivity contribution in [1.29, 1.82) is 0 Å². The number of amides is 1. The molecule has 0 fully saturated rings. The van der Waals surface area contributed by atoms with Crippen molar-refractivity contribution in [2.45, 2.75) is 0 Å². The summed E-state index contributed by atoms with van der Waals surface area (Å²) in [6, 6.07) is 10.6. The molecule has 0 saturated carbocycles. The summed E-state index contributed by atoms with van der Waals surface area (Å²) < 4.78 is 5.49. The van der Waals surface area contributed by atoms with E-state index in [2.05, 4.69) is 5.43 Å². The number of carbonyl (C=O) groups is 1. The van der Waals surface area contributed by atoms with Crippen molar-refractivity contribution >= 4 is 17.5 Å². The zero-order chi connectivity index (χ0) is 13.1. The van der Waals surface area contributed by atoms with Crippen molar-refractivity contribution in [1.82, 2.24) is 10.4 Å². The lowest BCUT2D eigenvalue weighted by Crippen LogP contribution is -2.35. The van der Waals surface area contributed by atoms with Crippen LogP contribution in [0.5, 0.6) is 0 Å². The summed E-state index contributed by atoms with van der Waals surface area (Å²) in [5.74, 6) is 0.629. The monoisotopic (exact) mass is 264 g/mol. The van der Waals surface area contributed by atoms with E-state index in [1.807, 2.05) is 12.1 Å². The molecule has 0 saturated heterocycles. The molecule has 0 unspecified atom stereocenters. The van der Waals surface area contributed by atoms with Gasteiger partial charge in [0.25, 0.3) is 0 Å². The van der Waals surface area contributed by atoms with Gasteiger partial charge in [-0.25, -0.2) is 5.01 Å². The molecule has 0 atom stereocenters. The first-order chi connectivity index (χ1) is 8.56. The molecule has 94 valence electrons. The van der Waals surface area contributed by atoms with Gasteiger partial charge in [-0.3, -0.25) is 10.2 Å². The van der Waals surface area contributed by atoms with E-state index in [1.54, 1.807) is 43.4 Å². The van der Waals surface area contributed by atoms with Gasteiger partial charge >= 0.3 is 5.91 Å². The molecule has 4 nitrogen and oxygen atoms in total. The molecule has 1 heterocycles. The number of hydrogen-bond donors (Lipinski definition) is 1. The van der Waals surface area contributed by atoms with Gasteiger partial charge in [0, 0.05) is 24.7 Å². The molecule has 2 rings (SSSR count). The fraction of sp³-hybridized carbons (Fsp3) is 0.154. The maximum Gasteiger partial charge on any atom is 0.301 e. The molecule has 2 aromatic rings. The van der Waals surface area contributed by atoms with Crippen LogP contribution in [0.4, 0.5) is 0 Å². The van der Waals surface area contributed by atoms with Gasteiger partial charge in [-0.2, -0.15) is 0 Å². The Morgan fingerprint density at radius 3 is 2.44 bits per heavy atom. The van der Waals surface area contributed by atoms with E-state index < -0.39 is 0 Å². The highest BCUT2D eigenvalue weighted by atomic mass is 35.5. The lowest BCUT2D eigenvalue weighted by Gasteiger charge is -2.09. The molecule has 0 spiro atoms. The smallest absolute Gasteiger partial charge is 0.301 e. The highest BCUT2D eigenvalue weighted by Crippen LogP contribution is 2.23. The Morgan fingerprint density at radius 1 is 1.17 bits per heavy atom. The molecule has 18 heavy (non-hydrogen) atoms. The number of hydrogen-bond acceptors (Lipinski definition) is 3. The van der Waals surface area contributed by atoms with Crippen LogP contribution in [0.25, 0.3) is 11.3 Å². The first kappa shape index (κ1) is 12.7. The van der Waals surface area contributed by atoms with E-state index in [0.717, 1.165) is 5.56 Å². The van der Waals surface area contributed by atoms with Crippen LogP contribution < -0.4 is 5.43 Å². The van der Waals surface area contributed by atoms with Crippen LogP contribution in [0, 0.1) is 0 Å². The third-order valence-electron chi connectivity index (χ3n) is 2.28. The highest BCUT2D eigenvalue weighted by molar-refractivity contribution is 6.30. The summed E-state index contributed by atoms with van der Waals surface area (Å²) in [6.45, 7) is 0. The summed E-state index contributed by atoms with van der Waals surface area (Å²) >= 11 is 5.81. The molecule has 1 aromatic heterocycles. The topological polar surface area (TPSA) is 45.5 Å². The quantitative estimate of drug-likeness (QED) is 0.867. The Balaban J connectivity index is 2.20. The zero-order valence-electron chi connectivity index (χ0n) is 10.1. The standard InChI is InChI=1S/C13H13ClN2O2/c1-16(2)15-13(17)12-8-7-11(18-12)9-3-5-10(14)6-4-9/h3-8H,1-2H3,(H,15,17). The zero-order valence-corrected chi connectivity index (χ0v) is 10.9. The molecule has 1 N–H and O–H groups in total. The fourth-order valence-corrected chi connectivity index (χ4v) is 1.61. The van der Waals surface area contributed by atoms with E-state index in [9.17, 15) is 4.79 Å². The van der Waals surface area contributed by atoms with Crippen LogP contribution in [-0.4, -0.2) is 25.0 Å². The number of halogens is 1. The Kier molecular flexibility index (Phi) is 3.69. The molecular weight excluding hydrogens is 252 g/mol. The van der Waals surface area contributed by atoms with Crippen molar-refractivity contribution in [3.8, 4) is 11.3 Å². The molecule has 0 aliphatic heterocycles. The van der Waals surface area contributed by atoms with E-state index in [1.165, 1.54) is 0 Å². The first-order valence-corrected chi connectivity index (χ1v) is 5.78. The van der Waals surface area contributed by atoms with E-state index >= 15 is 0 Å². The second-order valence-electron chi connectivity index (χ2n) is 4.01. The number of rotatable bonds is 3. The van der Waals surface area contributed by atoms with Gasteiger partial charge in [-0.1, -0.05) is 11.6 Å². The predicted octanol–water partition coefficient (Wildman–Crippen LogP) is 2.81. The van der Waals surface area contributed by atoms with Crippen molar-refractivity contribution in [2.24, 2.45) is 0 Å².